The van der Waals surface area contributed by atoms with E-state index >= 15 is 0 Å². The lowest BCUT2D eigenvalue weighted by molar-refractivity contribution is 0.521. The van der Waals surface area contributed by atoms with E-state index in [1.54, 1.807) is 0 Å². The van der Waals surface area contributed by atoms with Crippen molar-refractivity contribution in [3.05, 3.63) is 34.4 Å². The third kappa shape index (κ3) is 2.22. The van der Waals surface area contributed by atoms with Gasteiger partial charge in [-0.3, -0.25) is 0 Å². The smallest absolute Gasteiger partial charge is 0.249 e. The standard InChI is InChI=1S/C18F4N6O2/c19-9-7-8(11(21)15-13(9)27-17(29-15)5(1-23)2-24)10(20)14-16(12(7)22)30-18(28-14)6(3-25)4-26. The summed E-state index contributed by atoms with van der Waals surface area (Å²) in [5.74, 6) is -6.23. The monoisotopic (exact) mass is 408 g/mol. The third-order valence-corrected chi connectivity index (χ3v) is 4.07. The number of nitrogens with zero attached hydrogens (tertiary/aromatic N) is 6. The van der Waals surface area contributed by atoms with Crippen LogP contribution in [-0.2, 0) is 0 Å². The Kier molecular flexibility index (Phi) is 3.87. The van der Waals surface area contributed by atoms with Crippen molar-refractivity contribution in [2.75, 3.05) is 0 Å². The number of halogens is 4. The molecule has 2 aromatic carbocycles. The fraction of sp³-hybridized carbons (Fsp3) is 0. The molecule has 0 amide bonds. The second-order valence-corrected chi connectivity index (χ2v) is 5.60. The van der Waals surface area contributed by atoms with Gasteiger partial charge in [-0.2, -0.15) is 21.0 Å². The van der Waals surface area contributed by atoms with Gasteiger partial charge in [-0.25, -0.2) is 27.5 Å². The first-order valence-electron chi connectivity index (χ1n) is 7.61. The molecule has 0 unspecified atom stereocenters. The van der Waals surface area contributed by atoms with Gasteiger partial charge in [0.15, 0.2) is 45.6 Å². The van der Waals surface area contributed by atoms with Gasteiger partial charge in [0.1, 0.15) is 35.3 Å². The average molecular weight is 408 g/mol. The van der Waals surface area contributed by atoms with Crippen LogP contribution in [0.4, 0.5) is 17.6 Å². The molecular formula is C18F4N6O2. The maximum absolute atomic E-state index is 15.0. The van der Waals surface area contributed by atoms with Crippen molar-refractivity contribution in [1.82, 2.24) is 9.97 Å². The summed E-state index contributed by atoms with van der Waals surface area (Å²) in [5.41, 5.74) is -6.61. The Morgan fingerprint density at radius 1 is 0.600 bits per heavy atom. The highest BCUT2D eigenvalue weighted by molar-refractivity contribution is 6.03. The molecule has 0 saturated carbocycles. The summed E-state index contributed by atoms with van der Waals surface area (Å²) in [4.78, 5) is 6.97. The van der Waals surface area contributed by atoms with Crippen molar-refractivity contribution in [2.45, 2.75) is 0 Å². The predicted octanol–water partition coefficient (Wildman–Crippen LogP) is 2.07. The first-order chi connectivity index (χ1) is 14.4. The molecule has 0 radical (unpaired) electrons. The van der Waals surface area contributed by atoms with E-state index in [1.807, 2.05) is 0 Å². The first kappa shape index (κ1) is 18.4. The van der Waals surface area contributed by atoms with Crippen molar-refractivity contribution in [3.63, 3.8) is 0 Å². The van der Waals surface area contributed by atoms with Crippen LogP contribution >= 0.6 is 0 Å². The summed E-state index contributed by atoms with van der Waals surface area (Å²) >= 11 is 0. The number of rotatable bonds is 0. The second kappa shape index (κ2) is 6.30. The maximum Gasteiger partial charge on any atom is 0.249 e. The Morgan fingerprint density at radius 2 is 0.933 bits per heavy atom. The summed E-state index contributed by atoms with van der Waals surface area (Å²) in [6.07, 6.45) is 0. The predicted molar refractivity (Wildman–Crippen MR) is 87.4 cm³/mol. The summed E-state index contributed by atoms with van der Waals surface area (Å²) in [6.45, 7) is 0. The molecule has 0 aliphatic carbocycles. The second-order valence-electron chi connectivity index (χ2n) is 5.60. The van der Waals surface area contributed by atoms with Gasteiger partial charge in [0, 0.05) is 0 Å². The molecule has 0 fully saturated rings. The summed E-state index contributed by atoms with van der Waals surface area (Å²) in [7, 11) is 0. The van der Waals surface area contributed by atoms with Crippen LogP contribution in [-0.4, -0.2) is 9.97 Å². The van der Waals surface area contributed by atoms with Gasteiger partial charge in [-0.1, -0.05) is 0 Å². The Bertz CT molecular complexity index is 1490. The number of aromatic nitrogens is 2. The average Bonchev–Trinajstić information content (AvgIpc) is 3.37. The lowest BCUT2D eigenvalue weighted by Crippen LogP contribution is -2.03. The zero-order valence-electron chi connectivity index (χ0n) is 14.0. The number of hydrogen-bond donors (Lipinski definition) is 0. The molecule has 4 aromatic rings. The van der Waals surface area contributed by atoms with Gasteiger partial charge >= 0.3 is 0 Å². The van der Waals surface area contributed by atoms with Crippen molar-refractivity contribution < 1.29 is 26.4 Å². The molecule has 0 atom stereocenters. The van der Waals surface area contributed by atoms with E-state index < -0.39 is 78.5 Å². The molecule has 8 nitrogen and oxygen atoms in total. The Hall–Kier alpha value is -4.94. The van der Waals surface area contributed by atoms with E-state index in [9.17, 15) is 17.6 Å². The number of benzene rings is 2. The molecule has 0 aliphatic rings. The van der Waals surface area contributed by atoms with Gasteiger partial charge < -0.3 is 8.83 Å². The van der Waals surface area contributed by atoms with Crippen LogP contribution in [0.2, 0.25) is 0 Å². The van der Waals surface area contributed by atoms with Crippen LogP contribution < -0.4 is 11.1 Å². The quantitative estimate of drug-likeness (QED) is 0.402. The van der Waals surface area contributed by atoms with Crippen LogP contribution in [0.15, 0.2) is 8.83 Å². The summed E-state index contributed by atoms with van der Waals surface area (Å²) in [5, 5.41) is 33.0. The summed E-state index contributed by atoms with van der Waals surface area (Å²) in [6, 6.07) is 5.63. The normalized spacial score (nSPS) is 10.5. The molecule has 0 N–H and O–H groups in total. The minimum atomic E-state index is -1.57. The molecule has 142 valence electrons. The van der Waals surface area contributed by atoms with Crippen LogP contribution in [0.3, 0.4) is 0 Å². The van der Waals surface area contributed by atoms with Crippen LogP contribution in [0.1, 0.15) is 0 Å². The fourth-order valence-electron chi connectivity index (χ4n) is 2.79. The number of nitriles is 4. The number of fused-ring (bicyclic) bond motifs is 3. The van der Waals surface area contributed by atoms with E-state index in [1.165, 1.54) is 24.3 Å². The zero-order valence-corrected chi connectivity index (χ0v) is 14.0. The molecule has 30 heavy (non-hydrogen) atoms. The number of hydrogen-bond acceptors (Lipinski definition) is 8. The Morgan fingerprint density at radius 3 is 1.23 bits per heavy atom. The van der Waals surface area contributed by atoms with Gasteiger partial charge in [0.2, 0.25) is 11.1 Å². The summed E-state index contributed by atoms with van der Waals surface area (Å²) < 4.78 is 69.6. The molecule has 2 aromatic heterocycles. The molecule has 0 aliphatic heterocycles. The highest BCUT2D eigenvalue weighted by Crippen LogP contribution is 2.36. The van der Waals surface area contributed by atoms with Gasteiger partial charge in [0.05, 0.1) is 10.8 Å². The Balaban J connectivity index is 2.32. The van der Waals surface area contributed by atoms with E-state index in [-0.39, 0.29) is 0 Å². The zero-order chi connectivity index (χ0) is 21.7. The minimum Gasteiger partial charge on any atom is -0.431 e. The lowest BCUT2D eigenvalue weighted by atomic mass is 10.1. The topological polar surface area (TPSA) is 147 Å². The van der Waals surface area contributed by atoms with E-state index in [0.717, 1.165) is 0 Å². The van der Waals surface area contributed by atoms with E-state index in [0.29, 0.717) is 0 Å². The first-order valence-corrected chi connectivity index (χ1v) is 7.61. The minimum absolute atomic E-state index is 0.717. The van der Waals surface area contributed by atoms with Crippen molar-refractivity contribution in [2.24, 2.45) is 0 Å². The van der Waals surface area contributed by atoms with Gasteiger partial charge in [-0.15, -0.1) is 0 Å². The van der Waals surface area contributed by atoms with Crippen molar-refractivity contribution >= 4 is 44.1 Å². The van der Waals surface area contributed by atoms with Crippen LogP contribution in [0.25, 0.3) is 44.1 Å². The Labute approximate surface area is 161 Å². The number of oxazole rings is 2. The maximum atomic E-state index is 15.0. The van der Waals surface area contributed by atoms with Crippen LogP contribution in [0, 0.1) is 68.6 Å². The molecule has 0 saturated heterocycles. The van der Waals surface area contributed by atoms with Gasteiger partial charge in [-0.05, 0) is 0 Å². The van der Waals surface area contributed by atoms with Crippen molar-refractivity contribution in [3.8, 4) is 24.3 Å². The molecule has 0 spiro atoms. The SMILES string of the molecule is N#CC(C#N)=c1nc2c(F)c3c(F)c4oc(=C(C#N)C#N)nc4c(F)c3c(F)c2o1. The molecular weight excluding hydrogens is 408 g/mol. The highest BCUT2D eigenvalue weighted by atomic mass is 19.1. The highest BCUT2D eigenvalue weighted by Gasteiger charge is 2.29. The third-order valence-electron chi connectivity index (χ3n) is 4.07. The fourth-order valence-corrected chi connectivity index (χ4v) is 2.79. The molecule has 0 bridgehead atoms. The van der Waals surface area contributed by atoms with Crippen LogP contribution in [0.5, 0.6) is 0 Å². The largest absolute Gasteiger partial charge is 0.431 e. The molecule has 2 heterocycles. The van der Waals surface area contributed by atoms with Crippen molar-refractivity contribution in [1.29, 1.82) is 21.0 Å². The molecule has 4 rings (SSSR count). The lowest BCUT2D eigenvalue weighted by Gasteiger charge is -2.05. The van der Waals surface area contributed by atoms with E-state index in [2.05, 4.69) is 9.97 Å². The van der Waals surface area contributed by atoms with E-state index in [4.69, 9.17) is 29.9 Å². The molecule has 12 heteroatoms. The van der Waals surface area contributed by atoms with Gasteiger partial charge in [0.25, 0.3) is 0 Å².